The van der Waals surface area contributed by atoms with Crippen LogP contribution in [0.2, 0.25) is 0 Å². The number of carboxylic acids is 1. The van der Waals surface area contributed by atoms with Crippen LogP contribution >= 0.6 is 0 Å². The van der Waals surface area contributed by atoms with E-state index >= 15 is 0 Å². The normalized spacial score (nSPS) is 13.2. The Hall–Kier alpha value is -4.53. The molecule has 1 aliphatic heterocycles. The van der Waals surface area contributed by atoms with Gasteiger partial charge in [-0.05, 0) is 53.2 Å². The molecule has 0 saturated heterocycles. The minimum absolute atomic E-state index is 0.0101. The Bertz CT molecular complexity index is 1280. The van der Waals surface area contributed by atoms with Crippen LogP contribution in [-0.4, -0.2) is 41.1 Å². The Balaban J connectivity index is 1.48. The highest BCUT2D eigenvalue weighted by molar-refractivity contribution is 6.41. The minimum atomic E-state index is -1.24. The van der Waals surface area contributed by atoms with Gasteiger partial charge in [0.15, 0.2) is 5.71 Å². The van der Waals surface area contributed by atoms with Crippen molar-refractivity contribution in [3.63, 3.8) is 0 Å². The Labute approximate surface area is 176 Å². The zero-order chi connectivity index (χ0) is 22.1. The Morgan fingerprint density at radius 1 is 1.00 bits per heavy atom. The summed E-state index contributed by atoms with van der Waals surface area (Å²) in [6.07, 6.45) is 0. The standard InChI is InChI=1S/C22H17N5O4/c23-19(24)15-2-1-14-10-16(6-3-13(14)9-15)25-20(28)12-4-7-17(8-5-12)27-11-18(21(29)30)26-22(27)31/h1-10H,11H2,(H3,23,24)(H,25,28)(H,29,30). The number of aliphatic carboxylic acids is 1. The van der Waals surface area contributed by atoms with E-state index in [4.69, 9.17) is 16.2 Å². The first-order chi connectivity index (χ1) is 14.8. The summed E-state index contributed by atoms with van der Waals surface area (Å²) >= 11 is 0. The van der Waals surface area contributed by atoms with Crippen LogP contribution in [0.5, 0.6) is 0 Å². The van der Waals surface area contributed by atoms with Gasteiger partial charge in [-0.25, -0.2) is 9.59 Å². The number of hydrogen-bond donors (Lipinski definition) is 4. The fourth-order valence-corrected chi connectivity index (χ4v) is 3.23. The summed E-state index contributed by atoms with van der Waals surface area (Å²) in [6, 6.07) is 16.4. The van der Waals surface area contributed by atoms with Crippen molar-refractivity contribution < 1.29 is 19.5 Å². The number of nitrogen functional groups attached to an aromatic ring is 1. The molecule has 9 heteroatoms. The van der Waals surface area contributed by atoms with E-state index in [1.54, 1.807) is 42.5 Å². The van der Waals surface area contributed by atoms with E-state index in [1.807, 2.05) is 18.2 Å². The molecule has 0 bridgehead atoms. The van der Waals surface area contributed by atoms with Crippen molar-refractivity contribution in [2.45, 2.75) is 0 Å². The van der Waals surface area contributed by atoms with Gasteiger partial charge >= 0.3 is 12.0 Å². The third-order valence-corrected chi connectivity index (χ3v) is 4.87. The van der Waals surface area contributed by atoms with Crippen molar-refractivity contribution in [1.82, 2.24) is 0 Å². The topological polar surface area (TPSA) is 149 Å². The Morgan fingerprint density at radius 2 is 1.65 bits per heavy atom. The third-order valence-electron chi connectivity index (χ3n) is 4.87. The van der Waals surface area contributed by atoms with E-state index in [0.717, 1.165) is 10.8 Å². The lowest BCUT2D eigenvalue weighted by Gasteiger charge is -2.15. The number of amidine groups is 1. The number of anilines is 2. The molecule has 0 aliphatic carbocycles. The molecule has 0 saturated carbocycles. The van der Waals surface area contributed by atoms with Gasteiger partial charge in [-0.3, -0.25) is 15.1 Å². The SMILES string of the molecule is N=C(N)c1ccc2cc(NC(=O)c3ccc(N4CC(C(=O)O)=NC4=O)cc3)ccc2c1. The number of benzene rings is 3. The van der Waals surface area contributed by atoms with Crippen LogP contribution in [0.4, 0.5) is 16.2 Å². The number of nitrogens with two attached hydrogens (primary N) is 1. The first-order valence-electron chi connectivity index (χ1n) is 9.24. The molecule has 1 heterocycles. The van der Waals surface area contributed by atoms with E-state index in [-0.39, 0.29) is 24.0 Å². The Kier molecular flexibility index (Phi) is 4.92. The first-order valence-corrected chi connectivity index (χ1v) is 9.24. The number of hydrogen-bond acceptors (Lipinski definition) is 4. The summed E-state index contributed by atoms with van der Waals surface area (Å²) in [5.41, 5.74) is 7.35. The number of aliphatic imine (C=N–C) groups is 1. The van der Waals surface area contributed by atoms with Crippen LogP contribution in [0.25, 0.3) is 10.8 Å². The third kappa shape index (κ3) is 3.97. The molecule has 3 aromatic carbocycles. The number of carbonyl (C=O) groups excluding carboxylic acids is 2. The molecule has 0 spiro atoms. The minimum Gasteiger partial charge on any atom is -0.477 e. The molecule has 0 fully saturated rings. The molecule has 5 N–H and O–H groups in total. The summed E-state index contributed by atoms with van der Waals surface area (Å²) < 4.78 is 0. The van der Waals surface area contributed by atoms with Gasteiger partial charge in [-0.15, -0.1) is 0 Å². The maximum Gasteiger partial charge on any atom is 0.352 e. The summed E-state index contributed by atoms with van der Waals surface area (Å²) in [5.74, 6) is -1.58. The average Bonchev–Trinajstić information content (AvgIpc) is 3.15. The molecule has 0 radical (unpaired) electrons. The average molecular weight is 415 g/mol. The highest BCUT2D eigenvalue weighted by Gasteiger charge is 2.28. The number of rotatable bonds is 5. The van der Waals surface area contributed by atoms with E-state index in [1.165, 1.54) is 4.90 Å². The van der Waals surface area contributed by atoms with Crippen molar-refractivity contribution in [1.29, 1.82) is 5.41 Å². The number of carboxylic acid groups (broad SMARTS) is 1. The molecular formula is C22H17N5O4. The van der Waals surface area contributed by atoms with E-state index in [0.29, 0.717) is 22.5 Å². The molecule has 9 nitrogen and oxygen atoms in total. The van der Waals surface area contributed by atoms with Crippen LogP contribution in [0.1, 0.15) is 15.9 Å². The van der Waals surface area contributed by atoms with Crippen LogP contribution in [0.3, 0.4) is 0 Å². The van der Waals surface area contributed by atoms with E-state index < -0.39 is 12.0 Å². The van der Waals surface area contributed by atoms with Gasteiger partial charge in [0.2, 0.25) is 0 Å². The van der Waals surface area contributed by atoms with Crippen molar-refractivity contribution in [2.75, 3.05) is 16.8 Å². The van der Waals surface area contributed by atoms with E-state index in [9.17, 15) is 14.4 Å². The molecule has 0 atom stereocenters. The van der Waals surface area contributed by atoms with Gasteiger partial charge in [0.25, 0.3) is 5.91 Å². The Morgan fingerprint density at radius 3 is 2.29 bits per heavy atom. The van der Waals surface area contributed by atoms with Crippen LogP contribution in [0.15, 0.2) is 65.7 Å². The van der Waals surface area contributed by atoms with Crippen LogP contribution in [-0.2, 0) is 4.79 Å². The van der Waals surface area contributed by atoms with Crippen molar-refractivity contribution in [3.8, 4) is 0 Å². The van der Waals surface area contributed by atoms with Crippen LogP contribution in [0, 0.1) is 5.41 Å². The van der Waals surface area contributed by atoms with E-state index in [2.05, 4.69) is 10.3 Å². The predicted molar refractivity (Wildman–Crippen MR) is 117 cm³/mol. The monoisotopic (exact) mass is 415 g/mol. The summed E-state index contributed by atoms with van der Waals surface area (Å²) in [6.45, 7) is -0.123. The highest BCUT2D eigenvalue weighted by atomic mass is 16.4. The van der Waals surface area contributed by atoms with Gasteiger partial charge in [-0.1, -0.05) is 18.2 Å². The second-order valence-corrected chi connectivity index (χ2v) is 6.92. The van der Waals surface area contributed by atoms with Gasteiger partial charge in [0, 0.05) is 22.5 Å². The number of carbonyl (C=O) groups is 3. The molecule has 3 aromatic rings. The molecule has 0 aromatic heterocycles. The van der Waals surface area contributed by atoms with Gasteiger partial charge in [0.1, 0.15) is 5.84 Å². The molecular weight excluding hydrogens is 398 g/mol. The number of urea groups is 1. The number of nitrogens with one attached hydrogen (secondary N) is 2. The number of nitrogens with zero attached hydrogens (tertiary/aromatic N) is 2. The quantitative estimate of drug-likeness (QED) is 0.373. The summed E-state index contributed by atoms with van der Waals surface area (Å²) in [7, 11) is 0. The fourth-order valence-electron chi connectivity index (χ4n) is 3.23. The lowest BCUT2D eigenvalue weighted by Crippen LogP contribution is -2.28. The van der Waals surface area contributed by atoms with Crippen LogP contribution < -0.4 is 16.0 Å². The van der Waals surface area contributed by atoms with Gasteiger partial charge in [-0.2, -0.15) is 4.99 Å². The molecule has 4 rings (SSSR count). The lowest BCUT2D eigenvalue weighted by atomic mass is 10.1. The highest BCUT2D eigenvalue weighted by Crippen LogP contribution is 2.23. The molecule has 1 aliphatic rings. The second kappa shape index (κ2) is 7.71. The molecule has 0 unspecified atom stereocenters. The van der Waals surface area contributed by atoms with Gasteiger partial charge in [0.05, 0.1) is 6.54 Å². The maximum absolute atomic E-state index is 12.6. The first kappa shape index (κ1) is 19.8. The summed E-state index contributed by atoms with van der Waals surface area (Å²) in [4.78, 5) is 40.2. The lowest BCUT2D eigenvalue weighted by molar-refractivity contribution is -0.129. The molecule has 31 heavy (non-hydrogen) atoms. The fraction of sp³-hybridized carbons (Fsp3) is 0.0455. The maximum atomic E-state index is 12.6. The number of amides is 3. The van der Waals surface area contributed by atoms with Crippen molar-refractivity contribution in [2.24, 2.45) is 10.7 Å². The molecule has 154 valence electrons. The molecule has 3 amide bonds. The van der Waals surface area contributed by atoms with Crippen molar-refractivity contribution in [3.05, 3.63) is 71.8 Å². The smallest absolute Gasteiger partial charge is 0.352 e. The van der Waals surface area contributed by atoms with Gasteiger partial charge < -0.3 is 16.2 Å². The zero-order valence-electron chi connectivity index (χ0n) is 16.1. The zero-order valence-corrected chi connectivity index (χ0v) is 16.1. The predicted octanol–water partition coefficient (Wildman–Crippen LogP) is 2.84. The second-order valence-electron chi connectivity index (χ2n) is 6.92. The van der Waals surface area contributed by atoms with Crippen molar-refractivity contribution >= 4 is 51.6 Å². The number of fused-ring (bicyclic) bond motifs is 1. The summed E-state index contributed by atoms with van der Waals surface area (Å²) in [5, 5.41) is 21.1. The largest absolute Gasteiger partial charge is 0.477 e.